The van der Waals surface area contributed by atoms with Crippen LogP contribution in [0, 0.1) is 6.92 Å². The normalized spacial score (nSPS) is 11.4. The van der Waals surface area contributed by atoms with Gasteiger partial charge in [0.25, 0.3) is 5.56 Å². The van der Waals surface area contributed by atoms with Crippen molar-refractivity contribution in [3.63, 3.8) is 0 Å². The summed E-state index contributed by atoms with van der Waals surface area (Å²) < 4.78 is 11.2. The summed E-state index contributed by atoms with van der Waals surface area (Å²) >= 11 is 0. The summed E-state index contributed by atoms with van der Waals surface area (Å²) in [7, 11) is 0. The smallest absolute Gasteiger partial charge is 0.262 e. The Hall–Kier alpha value is -4.52. The third-order valence-electron chi connectivity index (χ3n) is 5.38. The number of hydrogen-bond donors (Lipinski definition) is 1. The zero-order valence-corrected chi connectivity index (χ0v) is 17.0. The first-order valence-corrected chi connectivity index (χ1v) is 10.1. The average molecular weight is 420 g/mol. The summed E-state index contributed by atoms with van der Waals surface area (Å²) in [5.74, 6) is 1.67. The first-order valence-electron chi connectivity index (χ1n) is 10.1. The lowest BCUT2D eigenvalue weighted by molar-refractivity contribution is 0.547. The van der Waals surface area contributed by atoms with E-state index >= 15 is 0 Å². The summed E-state index contributed by atoms with van der Waals surface area (Å²) in [4.78, 5) is 28.8. The van der Waals surface area contributed by atoms with Crippen molar-refractivity contribution in [1.29, 1.82) is 0 Å². The predicted molar refractivity (Wildman–Crippen MR) is 121 cm³/mol. The van der Waals surface area contributed by atoms with Crippen LogP contribution in [0.25, 0.3) is 56.0 Å². The van der Waals surface area contributed by atoms with E-state index in [9.17, 15) is 4.79 Å². The van der Waals surface area contributed by atoms with E-state index in [1.54, 1.807) is 12.3 Å². The molecule has 5 aromatic heterocycles. The summed E-state index contributed by atoms with van der Waals surface area (Å²) in [6.07, 6.45) is 4.72. The molecule has 0 aliphatic carbocycles. The Kier molecular flexibility index (Phi) is 4.01. The van der Waals surface area contributed by atoms with Crippen molar-refractivity contribution < 1.29 is 8.83 Å². The van der Waals surface area contributed by atoms with Gasteiger partial charge in [0.05, 0.1) is 11.7 Å². The minimum atomic E-state index is -0.321. The van der Waals surface area contributed by atoms with Crippen LogP contribution in [0.4, 0.5) is 0 Å². The molecule has 154 valence electrons. The Morgan fingerprint density at radius 1 is 0.906 bits per heavy atom. The molecule has 0 atom stereocenters. The first-order chi connectivity index (χ1) is 15.7. The molecule has 7 heteroatoms. The summed E-state index contributed by atoms with van der Waals surface area (Å²) in [6, 6.07) is 17.5. The molecule has 6 rings (SSSR count). The third kappa shape index (κ3) is 2.99. The fourth-order valence-electron chi connectivity index (χ4n) is 3.86. The van der Waals surface area contributed by atoms with Gasteiger partial charge in [0.15, 0.2) is 5.76 Å². The molecule has 0 aliphatic heterocycles. The number of aromatic nitrogens is 4. The maximum Gasteiger partial charge on any atom is 0.262 e. The van der Waals surface area contributed by atoms with E-state index in [-0.39, 0.29) is 11.4 Å². The molecular weight excluding hydrogens is 404 g/mol. The molecule has 32 heavy (non-hydrogen) atoms. The van der Waals surface area contributed by atoms with Gasteiger partial charge in [0.2, 0.25) is 5.89 Å². The van der Waals surface area contributed by atoms with Crippen LogP contribution in [0.15, 0.2) is 86.9 Å². The lowest BCUT2D eigenvalue weighted by atomic mass is 9.99. The highest BCUT2D eigenvalue weighted by molar-refractivity contribution is 5.93. The van der Waals surface area contributed by atoms with Crippen LogP contribution in [0.1, 0.15) is 5.76 Å². The molecule has 6 aromatic rings. The van der Waals surface area contributed by atoms with Crippen molar-refractivity contribution in [2.24, 2.45) is 0 Å². The maximum absolute atomic E-state index is 12.7. The van der Waals surface area contributed by atoms with Gasteiger partial charge < -0.3 is 13.8 Å². The van der Waals surface area contributed by atoms with E-state index in [0.29, 0.717) is 22.7 Å². The van der Waals surface area contributed by atoms with Crippen LogP contribution in [-0.2, 0) is 0 Å². The van der Waals surface area contributed by atoms with Gasteiger partial charge in [-0.15, -0.1) is 0 Å². The van der Waals surface area contributed by atoms with Gasteiger partial charge in [-0.2, -0.15) is 0 Å². The minimum Gasteiger partial charge on any atom is -0.460 e. The van der Waals surface area contributed by atoms with Crippen LogP contribution in [0.3, 0.4) is 0 Å². The minimum absolute atomic E-state index is 0.261. The van der Waals surface area contributed by atoms with Crippen LogP contribution >= 0.6 is 0 Å². The predicted octanol–water partition coefficient (Wildman–Crippen LogP) is 5.36. The van der Waals surface area contributed by atoms with Crippen molar-refractivity contribution in [2.75, 3.05) is 0 Å². The topological polar surface area (TPSA) is 97.8 Å². The lowest BCUT2D eigenvalue weighted by Gasteiger charge is -2.11. The maximum atomic E-state index is 12.7. The van der Waals surface area contributed by atoms with Crippen molar-refractivity contribution in [2.45, 2.75) is 6.92 Å². The molecule has 0 radical (unpaired) electrons. The molecule has 0 aliphatic rings. The Balaban J connectivity index is 1.64. The zero-order chi connectivity index (χ0) is 21.7. The number of hydrogen-bond acceptors (Lipinski definition) is 6. The average Bonchev–Trinajstić information content (AvgIpc) is 3.49. The number of nitrogens with one attached hydrogen (secondary N) is 1. The number of aromatic amines is 1. The number of benzene rings is 1. The SMILES string of the molecule is Cc1ccc(-c2nc3[nH]c(=O)c(-c4ncco4)cc3cc2-c2ccc3ncccc3c2)o1. The standard InChI is InChI=1S/C25H16N4O3/c1-14-4-7-21(32-14)22-18(15-5-6-20-16(11-15)3-2-8-26-20)12-17-13-19(25-27-9-10-31-25)24(30)29-23(17)28-22/h2-13H,1H3,(H,28,29,30). The second-order valence-corrected chi connectivity index (χ2v) is 7.49. The molecular formula is C25H16N4O3. The van der Waals surface area contributed by atoms with Gasteiger partial charge in [-0.25, -0.2) is 9.97 Å². The zero-order valence-electron chi connectivity index (χ0n) is 17.0. The lowest BCUT2D eigenvalue weighted by Crippen LogP contribution is -2.10. The number of fused-ring (bicyclic) bond motifs is 2. The highest BCUT2D eigenvalue weighted by Gasteiger charge is 2.17. The number of nitrogens with zero attached hydrogens (tertiary/aromatic N) is 3. The van der Waals surface area contributed by atoms with E-state index in [1.807, 2.05) is 49.4 Å². The molecule has 0 saturated carbocycles. The monoisotopic (exact) mass is 420 g/mol. The molecule has 0 bridgehead atoms. The molecule has 0 fully saturated rings. The van der Waals surface area contributed by atoms with E-state index in [0.717, 1.165) is 33.2 Å². The second-order valence-electron chi connectivity index (χ2n) is 7.49. The molecule has 0 saturated heterocycles. The van der Waals surface area contributed by atoms with Crippen LogP contribution in [0.5, 0.6) is 0 Å². The van der Waals surface area contributed by atoms with Crippen molar-refractivity contribution >= 4 is 21.9 Å². The first kappa shape index (κ1) is 18.3. The van der Waals surface area contributed by atoms with Gasteiger partial charge in [0.1, 0.15) is 28.9 Å². The Morgan fingerprint density at radius 3 is 2.62 bits per heavy atom. The fourth-order valence-corrected chi connectivity index (χ4v) is 3.86. The molecule has 1 aromatic carbocycles. The molecule has 0 unspecified atom stereocenters. The molecule has 1 N–H and O–H groups in total. The van der Waals surface area contributed by atoms with Gasteiger partial charge in [-0.3, -0.25) is 9.78 Å². The Labute approximate surface area is 181 Å². The number of aryl methyl sites for hydroxylation is 1. The van der Waals surface area contributed by atoms with Gasteiger partial charge >= 0.3 is 0 Å². The molecule has 5 heterocycles. The number of furan rings is 1. The van der Waals surface area contributed by atoms with Crippen molar-refractivity contribution in [1.82, 2.24) is 19.9 Å². The van der Waals surface area contributed by atoms with Gasteiger partial charge in [-0.05, 0) is 55.0 Å². The Bertz CT molecular complexity index is 1660. The van der Waals surface area contributed by atoms with Gasteiger partial charge in [-0.1, -0.05) is 12.1 Å². The Morgan fingerprint density at radius 2 is 1.81 bits per heavy atom. The van der Waals surface area contributed by atoms with Crippen molar-refractivity contribution in [3.8, 4) is 34.0 Å². The van der Waals surface area contributed by atoms with Crippen LogP contribution in [-0.4, -0.2) is 19.9 Å². The van der Waals surface area contributed by atoms with Crippen LogP contribution in [0.2, 0.25) is 0 Å². The summed E-state index contributed by atoms with van der Waals surface area (Å²) in [5, 5.41) is 1.78. The van der Waals surface area contributed by atoms with Gasteiger partial charge in [0, 0.05) is 22.5 Å². The summed E-state index contributed by atoms with van der Waals surface area (Å²) in [5.41, 5.74) is 3.89. The molecule has 7 nitrogen and oxygen atoms in total. The number of rotatable bonds is 3. The largest absolute Gasteiger partial charge is 0.460 e. The highest BCUT2D eigenvalue weighted by atomic mass is 16.3. The van der Waals surface area contributed by atoms with E-state index in [4.69, 9.17) is 13.8 Å². The van der Waals surface area contributed by atoms with Crippen LogP contribution < -0.4 is 5.56 Å². The molecule has 0 amide bonds. The third-order valence-corrected chi connectivity index (χ3v) is 5.38. The quantitative estimate of drug-likeness (QED) is 0.414. The molecule has 0 spiro atoms. The summed E-state index contributed by atoms with van der Waals surface area (Å²) in [6.45, 7) is 1.89. The fraction of sp³-hybridized carbons (Fsp3) is 0.0400. The second kappa shape index (κ2) is 7.02. The highest BCUT2D eigenvalue weighted by Crippen LogP contribution is 2.35. The van der Waals surface area contributed by atoms with Crippen molar-refractivity contribution in [3.05, 3.63) is 89.4 Å². The number of pyridine rings is 3. The van der Waals surface area contributed by atoms with E-state index < -0.39 is 0 Å². The number of H-pyrrole nitrogens is 1. The van der Waals surface area contributed by atoms with E-state index in [1.165, 1.54) is 12.5 Å². The number of oxazole rings is 1. The van der Waals surface area contributed by atoms with E-state index in [2.05, 4.69) is 21.0 Å².